The van der Waals surface area contributed by atoms with Gasteiger partial charge in [-0.1, -0.05) is 6.07 Å². The van der Waals surface area contributed by atoms with Gasteiger partial charge in [0.2, 0.25) is 5.91 Å². The summed E-state index contributed by atoms with van der Waals surface area (Å²) in [6, 6.07) is 9.77. The van der Waals surface area contributed by atoms with E-state index in [2.05, 4.69) is 28.8 Å². The molecular weight excluding hydrogens is 358 g/mol. The number of carbonyl (C=O) groups excluding carboxylic acids is 1. The molecule has 0 saturated heterocycles. The van der Waals surface area contributed by atoms with E-state index in [0.29, 0.717) is 5.69 Å². The Hall–Kier alpha value is -1.90. The Bertz CT molecular complexity index is 783. The lowest BCUT2D eigenvalue weighted by molar-refractivity contribution is -0.117. The zero-order valence-electron chi connectivity index (χ0n) is 14.5. The lowest BCUT2D eigenvalue weighted by Crippen LogP contribution is -2.41. The number of carbonyl (C=O) groups is 1. The number of benzene rings is 1. The summed E-state index contributed by atoms with van der Waals surface area (Å²) in [5.41, 5.74) is 1.71. The molecule has 25 heavy (non-hydrogen) atoms. The first-order valence-electron chi connectivity index (χ1n) is 8.09. The second kappa shape index (κ2) is 8.46. The number of sulfonamides is 1. The van der Waals surface area contributed by atoms with E-state index in [1.807, 2.05) is 24.3 Å². The van der Waals surface area contributed by atoms with Gasteiger partial charge >= 0.3 is 0 Å². The second-order valence-electron chi connectivity index (χ2n) is 5.48. The van der Waals surface area contributed by atoms with Gasteiger partial charge in [0, 0.05) is 24.5 Å². The van der Waals surface area contributed by atoms with Crippen molar-refractivity contribution in [2.24, 2.45) is 0 Å². The molecule has 0 fully saturated rings. The Balaban J connectivity index is 1.99. The summed E-state index contributed by atoms with van der Waals surface area (Å²) in [5.74, 6) is -0.407. The van der Waals surface area contributed by atoms with E-state index in [1.54, 1.807) is 11.4 Å². The van der Waals surface area contributed by atoms with Gasteiger partial charge in [-0.3, -0.25) is 4.79 Å². The first-order valence-corrected chi connectivity index (χ1v) is 10.5. The number of amides is 1. The molecule has 2 N–H and O–H groups in total. The van der Waals surface area contributed by atoms with Crippen molar-refractivity contribution in [1.82, 2.24) is 4.72 Å². The summed E-state index contributed by atoms with van der Waals surface area (Å²) >= 11 is 1.11. The third kappa shape index (κ3) is 5.04. The van der Waals surface area contributed by atoms with Gasteiger partial charge in [0.25, 0.3) is 10.0 Å². The van der Waals surface area contributed by atoms with Gasteiger partial charge in [-0.05, 0) is 56.5 Å². The first kappa shape index (κ1) is 19.4. The van der Waals surface area contributed by atoms with Crippen LogP contribution in [0.2, 0.25) is 0 Å². The molecule has 2 aromatic rings. The lowest BCUT2D eigenvalue weighted by atomic mass is 10.2. The van der Waals surface area contributed by atoms with Gasteiger partial charge in [0.05, 0.1) is 6.04 Å². The summed E-state index contributed by atoms with van der Waals surface area (Å²) in [6.45, 7) is 7.50. The molecule has 1 atom stereocenters. The molecule has 0 spiro atoms. The van der Waals surface area contributed by atoms with Crippen LogP contribution in [-0.2, 0) is 14.8 Å². The van der Waals surface area contributed by atoms with Crippen LogP contribution in [-0.4, -0.2) is 33.5 Å². The molecule has 8 heteroatoms. The molecule has 0 bridgehead atoms. The molecular formula is C17H23N3O3S2. The molecule has 0 radical (unpaired) electrons. The largest absolute Gasteiger partial charge is 0.372 e. The highest BCUT2D eigenvalue weighted by Crippen LogP contribution is 2.18. The average Bonchev–Trinajstić information content (AvgIpc) is 3.12. The van der Waals surface area contributed by atoms with E-state index in [0.717, 1.165) is 30.1 Å². The van der Waals surface area contributed by atoms with E-state index in [9.17, 15) is 13.2 Å². The van der Waals surface area contributed by atoms with Crippen LogP contribution in [0.4, 0.5) is 11.4 Å². The van der Waals surface area contributed by atoms with Crippen LogP contribution in [0.1, 0.15) is 20.8 Å². The molecule has 0 aliphatic heterocycles. The molecule has 136 valence electrons. The number of anilines is 2. The maximum Gasteiger partial charge on any atom is 0.250 e. The van der Waals surface area contributed by atoms with Crippen LogP contribution >= 0.6 is 11.3 Å². The molecule has 0 saturated carbocycles. The van der Waals surface area contributed by atoms with Crippen molar-refractivity contribution in [3.63, 3.8) is 0 Å². The van der Waals surface area contributed by atoms with Gasteiger partial charge in [-0.15, -0.1) is 11.3 Å². The van der Waals surface area contributed by atoms with Gasteiger partial charge in [0.1, 0.15) is 4.21 Å². The molecule has 0 aliphatic rings. The number of nitrogens with zero attached hydrogens (tertiary/aromatic N) is 1. The normalized spacial score (nSPS) is 12.6. The Kier molecular flexibility index (Phi) is 6.57. The summed E-state index contributed by atoms with van der Waals surface area (Å²) in [7, 11) is -3.68. The van der Waals surface area contributed by atoms with Crippen LogP contribution in [0.3, 0.4) is 0 Å². The zero-order chi connectivity index (χ0) is 18.4. The highest BCUT2D eigenvalue weighted by molar-refractivity contribution is 7.91. The number of hydrogen-bond acceptors (Lipinski definition) is 5. The van der Waals surface area contributed by atoms with E-state index in [4.69, 9.17) is 0 Å². The molecule has 1 aromatic carbocycles. The summed E-state index contributed by atoms with van der Waals surface area (Å²) in [4.78, 5) is 14.4. The smallest absolute Gasteiger partial charge is 0.250 e. The van der Waals surface area contributed by atoms with Crippen LogP contribution in [0.15, 0.2) is 46.0 Å². The van der Waals surface area contributed by atoms with Gasteiger partial charge in [-0.25, -0.2) is 8.42 Å². The molecule has 1 unspecified atom stereocenters. The SMILES string of the molecule is CCN(CC)c1ccc(NC(=O)C(C)NS(=O)(=O)c2cccs2)cc1. The quantitative estimate of drug-likeness (QED) is 0.737. The van der Waals surface area contributed by atoms with E-state index in [-0.39, 0.29) is 4.21 Å². The maximum atomic E-state index is 12.2. The predicted molar refractivity (Wildman–Crippen MR) is 103 cm³/mol. The van der Waals surface area contributed by atoms with E-state index >= 15 is 0 Å². The van der Waals surface area contributed by atoms with Crippen LogP contribution < -0.4 is 14.9 Å². The van der Waals surface area contributed by atoms with Crippen molar-refractivity contribution >= 4 is 38.6 Å². The molecule has 1 amide bonds. The van der Waals surface area contributed by atoms with Crippen LogP contribution in [0.5, 0.6) is 0 Å². The summed E-state index contributed by atoms with van der Waals surface area (Å²) < 4.78 is 26.9. The summed E-state index contributed by atoms with van der Waals surface area (Å²) in [5, 5.41) is 4.41. The third-order valence-corrected chi connectivity index (χ3v) is 6.69. The van der Waals surface area contributed by atoms with Gasteiger partial charge in [-0.2, -0.15) is 4.72 Å². The average molecular weight is 382 g/mol. The fourth-order valence-electron chi connectivity index (χ4n) is 2.36. The Morgan fingerprint density at radius 2 is 1.80 bits per heavy atom. The minimum Gasteiger partial charge on any atom is -0.372 e. The first-order chi connectivity index (χ1) is 11.9. The minimum atomic E-state index is -3.68. The Labute approximate surface area is 152 Å². The topological polar surface area (TPSA) is 78.5 Å². The molecule has 1 heterocycles. The number of thiophene rings is 1. The van der Waals surface area contributed by atoms with Crippen molar-refractivity contribution in [2.45, 2.75) is 31.0 Å². The lowest BCUT2D eigenvalue weighted by Gasteiger charge is -2.21. The molecule has 1 aromatic heterocycles. The van der Waals surface area contributed by atoms with Crippen LogP contribution in [0, 0.1) is 0 Å². The fourth-order valence-corrected chi connectivity index (χ4v) is 4.57. The van der Waals surface area contributed by atoms with E-state index < -0.39 is 22.0 Å². The highest BCUT2D eigenvalue weighted by atomic mass is 32.2. The highest BCUT2D eigenvalue weighted by Gasteiger charge is 2.22. The number of hydrogen-bond donors (Lipinski definition) is 2. The summed E-state index contributed by atoms with van der Waals surface area (Å²) in [6.07, 6.45) is 0. The van der Waals surface area contributed by atoms with Crippen molar-refractivity contribution in [2.75, 3.05) is 23.3 Å². The fraction of sp³-hybridized carbons (Fsp3) is 0.353. The van der Waals surface area contributed by atoms with Crippen molar-refractivity contribution in [3.8, 4) is 0 Å². The molecule has 2 rings (SSSR count). The van der Waals surface area contributed by atoms with Crippen molar-refractivity contribution in [1.29, 1.82) is 0 Å². The molecule has 6 nitrogen and oxygen atoms in total. The predicted octanol–water partition coefficient (Wildman–Crippen LogP) is 2.90. The maximum absolute atomic E-state index is 12.2. The van der Waals surface area contributed by atoms with Crippen LogP contribution in [0.25, 0.3) is 0 Å². The Morgan fingerprint density at radius 3 is 2.32 bits per heavy atom. The van der Waals surface area contributed by atoms with Gasteiger partial charge < -0.3 is 10.2 Å². The number of nitrogens with one attached hydrogen (secondary N) is 2. The zero-order valence-corrected chi connectivity index (χ0v) is 16.2. The molecule has 0 aliphatic carbocycles. The van der Waals surface area contributed by atoms with Gasteiger partial charge in [0.15, 0.2) is 0 Å². The third-order valence-electron chi connectivity index (χ3n) is 3.75. The minimum absolute atomic E-state index is 0.190. The standard InChI is InChI=1S/C17H23N3O3S2/c1-4-20(5-2)15-10-8-14(9-11-15)18-17(21)13(3)19-25(22,23)16-7-6-12-24-16/h6-13,19H,4-5H2,1-3H3,(H,18,21). The second-order valence-corrected chi connectivity index (χ2v) is 8.37. The monoisotopic (exact) mass is 381 g/mol. The number of rotatable bonds is 8. The van der Waals surface area contributed by atoms with E-state index in [1.165, 1.54) is 13.0 Å². The Morgan fingerprint density at radius 1 is 1.16 bits per heavy atom. The van der Waals surface area contributed by atoms with Crippen molar-refractivity contribution < 1.29 is 13.2 Å². The van der Waals surface area contributed by atoms with Crippen molar-refractivity contribution in [3.05, 3.63) is 41.8 Å².